The Kier molecular flexibility index (Phi) is 6.02. The number of hydrogen-bond donors (Lipinski definition) is 1. The minimum Gasteiger partial charge on any atom is -0.396 e. The van der Waals surface area contributed by atoms with Crippen LogP contribution in [0.3, 0.4) is 0 Å². The summed E-state index contributed by atoms with van der Waals surface area (Å²) in [4.78, 5) is 0. The Balaban J connectivity index is 2.29. The van der Waals surface area contributed by atoms with Crippen LogP contribution in [0.1, 0.15) is 32.8 Å². The van der Waals surface area contributed by atoms with Gasteiger partial charge in [0.2, 0.25) is 0 Å². The van der Waals surface area contributed by atoms with Gasteiger partial charge in [-0.1, -0.05) is 62.9 Å². The van der Waals surface area contributed by atoms with Crippen molar-refractivity contribution in [2.24, 2.45) is 0 Å². The number of thioether (sulfide) groups is 1. The van der Waals surface area contributed by atoms with Gasteiger partial charge in [0.25, 0.3) is 0 Å². The van der Waals surface area contributed by atoms with Crippen molar-refractivity contribution in [2.75, 3.05) is 12.4 Å². The largest absolute Gasteiger partial charge is 0.396 e. The summed E-state index contributed by atoms with van der Waals surface area (Å²) in [6.45, 7) is 11.3. The smallest absolute Gasteiger partial charge is 0.191 e. The second kappa shape index (κ2) is 7.79. The summed E-state index contributed by atoms with van der Waals surface area (Å²) in [7, 11) is 0. The summed E-state index contributed by atoms with van der Waals surface area (Å²) >= 11 is 1.62. The summed E-state index contributed by atoms with van der Waals surface area (Å²) < 4.78 is 2.07. The third-order valence-corrected chi connectivity index (χ3v) is 4.62. The molecule has 1 heterocycles. The van der Waals surface area contributed by atoms with Gasteiger partial charge >= 0.3 is 0 Å². The van der Waals surface area contributed by atoms with Crippen molar-refractivity contribution in [1.29, 1.82) is 0 Å². The Labute approximate surface area is 142 Å². The predicted octanol–water partition coefficient (Wildman–Crippen LogP) is 3.90. The fourth-order valence-electron chi connectivity index (χ4n) is 2.25. The summed E-state index contributed by atoms with van der Waals surface area (Å²) in [5.74, 6) is 1.69. The van der Waals surface area contributed by atoms with Gasteiger partial charge in [0.15, 0.2) is 11.0 Å². The average Bonchev–Trinajstić information content (AvgIpc) is 2.90. The van der Waals surface area contributed by atoms with E-state index >= 15 is 0 Å². The van der Waals surface area contributed by atoms with E-state index in [0.717, 1.165) is 28.7 Å². The molecule has 23 heavy (non-hydrogen) atoms. The summed E-state index contributed by atoms with van der Waals surface area (Å²) in [5, 5.41) is 18.4. The van der Waals surface area contributed by atoms with Crippen LogP contribution < -0.4 is 0 Å². The Morgan fingerprint density at radius 2 is 1.91 bits per heavy atom. The number of aromatic nitrogens is 3. The van der Waals surface area contributed by atoms with Crippen LogP contribution in [0.5, 0.6) is 0 Å². The maximum Gasteiger partial charge on any atom is 0.191 e. The van der Waals surface area contributed by atoms with E-state index in [1.54, 1.807) is 11.8 Å². The van der Waals surface area contributed by atoms with E-state index in [-0.39, 0.29) is 12.0 Å². The first-order valence-corrected chi connectivity index (χ1v) is 8.84. The molecule has 0 unspecified atom stereocenters. The molecule has 0 saturated heterocycles. The van der Waals surface area contributed by atoms with Crippen molar-refractivity contribution in [2.45, 2.75) is 44.3 Å². The monoisotopic (exact) mass is 331 g/mol. The van der Waals surface area contributed by atoms with Crippen LogP contribution in [0.4, 0.5) is 0 Å². The third-order valence-electron chi connectivity index (χ3n) is 3.57. The van der Waals surface area contributed by atoms with Gasteiger partial charge in [0.05, 0.1) is 0 Å². The van der Waals surface area contributed by atoms with E-state index in [1.807, 2.05) is 6.08 Å². The molecular formula is C18H25N3OS. The molecule has 0 aliphatic carbocycles. The molecule has 5 heteroatoms. The fourth-order valence-corrected chi connectivity index (χ4v) is 3.12. The molecule has 0 fully saturated rings. The Bertz CT molecular complexity index is 641. The Morgan fingerprint density at radius 3 is 2.48 bits per heavy atom. The number of hydrogen-bond acceptors (Lipinski definition) is 4. The van der Waals surface area contributed by atoms with Gasteiger partial charge in [-0.2, -0.15) is 0 Å². The van der Waals surface area contributed by atoms with E-state index in [4.69, 9.17) is 5.11 Å². The lowest BCUT2D eigenvalue weighted by Gasteiger charge is -2.19. The van der Waals surface area contributed by atoms with E-state index in [1.165, 1.54) is 5.56 Å². The summed E-state index contributed by atoms with van der Waals surface area (Å²) in [5.41, 5.74) is 2.49. The standard InChI is InChI=1S/C18H25N3OS/c1-5-11-21-16(19-20-17(21)23-13-6-12-22)14-7-9-15(10-8-14)18(2,3)4/h5,7-10,22H,1,6,11-13H2,2-4H3. The molecule has 124 valence electrons. The SMILES string of the molecule is C=CCn1c(SCCCO)nnc1-c1ccc(C(C)(C)C)cc1. The van der Waals surface area contributed by atoms with E-state index < -0.39 is 0 Å². The minimum absolute atomic E-state index is 0.138. The topological polar surface area (TPSA) is 50.9 Å². The molecule has 1 N–H and O–H groups in total. The molecule has 1 aromatic heterocycles. The molecule has 4 nitrogen and oxygen atoms in total. The maximum absolute atomic E-state index is 8.92. The van der Waals surface area contributed by atoms with Crippen LogP contribution in [0.25, 0.3) is 11.4 Å². The molecule has 0 radical (unpaired) electrons. The first-order valence-electron chi connectivity index (χ1n) is 7.86. The number of benzene rings is 1. The van der Waals surface area contributed by atoms with Crippen LogP contribution in [-0.4, -0.2) is 32.2 Å². The summed E-state index contributed by atoms with van der Waals surface area (Å²) in [6, 6.07) is 8.51. The van der Waals surface area contributed by atoms with E-state index in [2.05, 4.69) is 66.4 Å². The molecule has 2 rings (SSSR count). The lowest BCUT2D eigenvalue weighted by Crippen LogP contribution is -2.10. The normalized spacial score (nSPS) is 11.7. The van der Waals surface area contributed by atoms with E-state index in [9.17, 15) is 0 Å². The van der Waals surface area contributed by atoms with Crippen LogP contribution in [0, 0.1) is 0 Å². The minimum atomic E-state index is 0.138. The van der Waals surface area contributed by atoms with Gasteiger partial charge in [-0.05, 0) is 17.4 Å². The van der Waals surface area contributed by atoms with Gasteiger partial charge < -0.3 is 5.11 Å². The van der Waals surface area contributed by atoms with E-state index in [0.29, 0.717) is 6.54 Å². The number of aliphatic hydroxyl groups is 1. The molecule has 0 spiro atoms. The third kappa shape index (κ3) is 4.45. The predicted molar refractivity (Wildman–Crippen MR) is 96.8 cm³/mol. The van der Waals surface area contributed by atoms with Gasteiger partial charge in [-0.15, -0.1) is 16.8 Å². The zero-order chi connectivity index (χ0) is 16.9. The number of aliphatic hydroxyl groups excluding tert-OH is 1. The Morgan fingerprint density at radius 1 is 1.22 bits per heavy atom. The van der Waals surface area contributed by atoms with Crippen molar-refractivity contribution >= 4 is 11.8 Å². The zero-order valence-corrected chi connectivity index (χ0v) is 14.9. The van der Waals surface area contributed by atoms with Crippen molar-refractivity contribution < 1.29 is 5.11 Å². The molecule has 0 bridgehead atoms. The zero-order valence-electron chi connectivity index (χ0n) is 14.1. The average molecular weight is 331 g/mol. The molecule has 2 aromatic rings. The number of allylic oxidation sites excluding steroid dienone is 1. The summed E-state index contributed by atoms with van der Waals surface area (Å²) in [6.07, 6.45) is 2.60. The van der Waals surface area contributed by atoms with Crippen molar-refractivity contribution in [3.8, 4) is 11.4 Å². The molecule has 0 saturated carbocycles. The van der Waals surface area contributed by atoms with Crippen LogP contribution in [0.2, 0.25) is 0 Å². The lowest BCUT2D eigenvalue weighted by molar-refractivity contribution is 0.296. The van der Waals surface area contributed by atoms with Gasteiger partial charge in [-0.3, -0.25) is 4.57 Å². The number of nitrogens with zero attached hydrogens (tertiary/aromatic N) is 3. The molecule has 0 aliphatic heterocycles. The maximum atomic E-state index is 8.92. The van der Waals surface area contributed by atoms with Crippen LogP contribution in [0.15, 0.2) is 42.1 Å². The van der Waals surface area contributed by atoms with Gasteiger partial charge in [0.1, 0.15) is 0 Å². The highest BCUT2D eigenvalue weighted by Gasteiger charge is 2.16. The quantitative estimate of drug-likeness (QED) is 0.475. The second-order valence-corrected chi connectivity index (χ2v) is 7.52. The highest BCUT2D eigenvalue weighted by Crippen LogP contribution is 2.27. The highest BCUT2D eigenvalue weighted by atomic mass is 32.2. The number of rotatable bonds is 7. The first-order chi connectivity index (χ1) is 11.0. The molecular weight excluding hydrogens is 306 g/mol. The molecule has 0 amide bonds. The molecule has 1 aromatic carbocycles. The van der Waals surface area contributed by atoms with Crippen molar-refractivity contribution in [3.05, 3.63) is 42.5 Å². The van der Waals surface area contributed by atoms with Gasteiger partial charge in [0, 0.05) is 24.5 Å². The highest BCUT2D eigenvalue weighted by molar-refractivity contribution is 7.99. The first kappa shape index (κ1) is 17.8. The fraction of sp³-hybridized carbons (Fsp3) is 0.444. The lowest BCUT2D eigenvalue weighted by atomic mass is 9.87. The Hall–Kier alpha value is -1.59. The van der Waals surface area contributed by atoms with Gasteiger partial charge in [-0.25, -0.2) is 0 Å². The van der Waals surface area contributed by atoms with Crippen molar-refractivity contribution in [3.63, 3.8) is 0 Å². The van der Waals surface area contributed by atoms with Crippen LogP contribution in [-0.2, 0) is 12.0 Å². The molecule has 0 aliphatic rings. The second-order valence-electron chi connectivity index (χ2n) is 6.46. The molecule has 0 atom stereocenters. The van der Waals surface area contributed by atoms with Crippen LogP contribution >= 0.6 is 11.8 Å². The van der Waals surface area contributed by atoms with Crippen molar-refractivity contribution in [1.82, 2.24) is 14.8 Å².